The van der Waals surface area contributed by atoms with E-state index in [1.54, 1.807) is 16.6 Å². The highest BCUT2D eigenvalue weighted by atomic mass is 16.3. The number of carbonyl (C=O) groups excluding carboxylic acids is 1. The summed E-state index contributed by atoms with van der Waals surface area (Å²) >= 11 is 0. The molecule has 2 heterocycles. The molecule has 1 N–H and O–H groups in total. The molecule has 3 aromatic carbocycles. The first-order chi connectivity index (χ1) is 13.1. The highest BCUT2D eigenvalue weighted by Crippen LogP contribution is 2.34. The van der Waals surface area contributed by atoms with Gasteiger partial charge in [-0.1, -0.05) is 42.5 Å². The summed E-state index contributed by atoms with van der Waals surface area (Å²) in [5.74, 6) is 0.131. The summed E-state index contributed by atoms with van der Waals surface area (Å²) in [6.45, 7) is 1.52. The van der Waals surface area contributed by atoms with Gasteiger partial charge in [0.2, 0.25) is 0 Å². The second-order valence-electron chi connectivity index (χ2n) is 6.71. The number of fused-ring (bicyclic) bond motifs is 6. The number of ketones is 1. The van der Waals surface area contributed by atoms with Gasteiger partial charge in [0.05, 0.1) is 11.0 Å². The van der Waals surface area contributed by atoms with Crippen molar-refractivity contribution in [2.24, 2.45) is 0 Å². The number of hydrogen-bond acceptors (Lipinski definition) is 3. The van der Waals surface area contributed by atoms with Crippen LogP contribution in [0.2, 0.25) is 0 Å². The van der Waals surface area contributed by atoms with Crippen LogP contribution in [0.4, 0.5) is 0 Å². The summed E-state index contributed by atoms with van der Waals surface area (Å²) in [5.41, 5.74) is 4.40. The number of benzene rings is 3. The molecule has 0 saturated carbocycles. The molecule has 5 aromatic rings. The van der Waals surface area contributed by atoms with Gasteiger partial charge in [0, 0.05) is 17.7 Å². The first-order valence-electron chi connectivity index (χ1n) is 8.76. The number of aromatic nitrogens is 2. The average Bonchev–Trinajstić information content (AvgIpc) is 3.14. The van der Waals surface area contributed by atoms with E-state index in [1.807, 2.05) is 30.3 Å². The molecule has 0 atom stereocenters. The minimum Gasteiger partial charge on any atom is -0.508 e. The summed E-state index contributed by atoms with van der Waals surface area (Å²) in [6, 6.07) is 23.5. The minimum atomic E-state index is -0.0697. The van der Waals surface area contributed by atoms with Crippen molar-refractivity contribution in [2.75, 3.05) is 0 Å². The molecule has 0 aliphatic carbocycles. The van der Waals surface area contributed by atoms with E-state index in [4.69, 9.17) is 0 Å². The standard InChI is InChI=1S/C23H16N2O2/c1-14(26)21-13-23-18-9-7-16(15-5-3-2-4-6-15)11-19(18)20-12-17(27)8-10-22(20)25(23)24-21/h2-13,27H,1H3. The molecule has 0 saturated heterocycles. The quantitative estimate of drug-likeness (QED) is 0.350. The number of carbonyl (C=O) groups is 1. The summed E-state index contributed by atoms with van der Waals surface area (Å²) in [6.07, 6.45) is 0. The normalized spacial score (nSPS) is 11.4. The van der Waals surface area contributed by atoms with Gasteiger partial charge in [-0.15, -0.1) is 0 Å². The van der Waals surface area contributed by atoms with Crippen molar-refractivity contribution in [2.45, 2.75) is 6.92 Å². The maximum Gasteiger partial charge on any atom is 0.180 e. The van der Waals surface area contributed by atoms with Gasteiger partial charge in [-0.2, -0.15) is 5.10 Å². The summed E-state index contributed by atoms with van der Waals surface area (Å²) in [4.78, 5) is 11.9. The van der Waals surface area contributed by atoms with Crippen LogP contribution in [0.25, 0.3) is 38.3 Å². The summed E-state index contributed by atoms with van der Waals surface area (Å²) in [5, 5.41) is 17.5. The second-order valence-corrected chi connectivity index (χ2v) is 6.71. The Bertz CT molecular complexity index is 1350. The third-order valence-corrected chi connectivity index (χ3v) is 4.97. The van der Waals surface area contributed by atoms with Gasteiger partial charge >= 0.3 is 0 Å². The van der Waals surface area contributed by atoms with Gasteiger partial charge in [0.25, 0.3) is 0 Å². The van der Waals surface area contributed by atoms with Crippen LogP contribution in [0.1, 0.15) is 17.4 Å². The molecule has 4 nitrogen and oxygen atoms in total. The van der Waals surface area contributed by atoms with Crippen molar-refractivity contribution >= 4 is 33.0 Å². The van der Waals surface area contributed by atoms with E-state index >= 15 is 0 Å². The molecule has 2 aromatic heterocycles. The highest BCUT2D eigenvalue weighted by molar-refractivity contribution is 6.14. The van der Waals surface area contributed by atoms with Gasteiger partial charge in [0.15, 0.2) is 5.78 Å². The van der Waals surface area contributed by atoms with Crippen LogP contribution in [0.5, 0.6) is 5.75 Å². The van der Waals surface area contributed by atoms with Crippen molar-refractivity contribution < 1.29 is 9.90 Å². The van der Waals surface area contributed by atoms with Crippen molar-refractivity contribution in [3.8, 4) is 16.9 Å². The maximum atomic E-state index is 11.9. The lowest BCUT2D eigenvalue weighted by atomic mass is 9.98. The van der Waals surface area contributed by atoms with E-state index < -0.39 is 0 Å². The fraction of sp³-hybridized carbons (Fsp3) is 0.0435. The largest absolute Gasteiger partial charge is 0.508 e. The SMILES string of the molecule is CC(=O)c1cc2c3ccc(-c4ccccc4)cc3c3cc(O)ccc3n2n1. The molecule has 0 fully saturated rings. The molecular formula is C23H16N2O2. The predicted octanol–water partition coefficient (Wildman–Crippen LogP) is 5.22. The zero-order chi connectivity index (χ0) is 18.5. The van der Waals surface area contributed by atoms with Crippen LogP contribution in [0.3, 0.4) is 0 Å². The third kappa shape index (κ3) is 2.38. The summed E-state index contributed by atoms with van der Waals surface area (Å²) < 4.78 is 1.79. The fourth-order valence-corrected chi connectivity index (χ4v) is 3.65. The number of aromatic hydroxyl groups is 1. The molecule has 130 valence electrons. The monoisotopic (exact) mass is 352 g/mol. The molecule has 0 aliphatic heterocycles. The van der Waals surface area contributed by atoms with E-state index in [-0.39, 0.29) is 11.5 Å². The first-order valence-corrected chi connectivity index (χ1v) is 8.76. The lowest BCUT2D eigenvalue weighted by Gasteiger charge is -2.10. The molecule has 0 aliphatic rings. The van der Waals surface area contributed by atoms with Crippen molar-refractivity contribution in [3.63, 3.8) is 0 Å². The van der Waals surface area contributed by atoms with Crippen molar-refractivity contribution in [1.29, 1.82) is 0 Å². The molecule has 4 heteroatoms. The second kappa shape index (κ2) is 5.68. The molecule has 0 spiro atoms. The first kappa shape index (κ1) is 15.6. The Kier molecular flexibility index (Phi) is 3.28. The molecule has 0 unspecified atom stereocenters. The van der Waals surface area contributed by atoms with Gasteiger partial charge in [-0.25, -0.2) is 4.52 Å². The lowest BCUT2D eigenvalue weighted by Crippen LogP contribution is -1.96. The third-order valence-electron chi connectivity index (χ3n) is 4.97. The van der Waals surface area contributed by atoms with E-state index in [0.29, 0.717) is 5.69 Å². The number of rotatable bonds is 2. The van der Waals surface area contributed by atoms with Crippen molar-refractivity contribution in [1.82, 2.24) is 9.61 Å². The smallest absolute Gasteiger partial charge is 0.180 e. The van der Waals surface area contributed by atoms with Crippen LogP contribution in [0.15, 0.2) is 72.8 Å². The molecule has 0 bridgehead atoms. The Morgan fingerprint density at radius 3 is 2.41 bits per heavy atom. The molecule has 27 heavy (non-hydrogen) atoms. The van der Waals surface area contributed by atoms with Crippen LogP contribution in [-0.4, -0.2) is 20.5 Å². The number of hydrogen-bond donors (Lipinski definition) is 1. The average molecular weight is 352 g/mol. The lowest BCUT2D eigenvalue weighted by molar-refractivity contribution is 0.101. The number of Topliss-reactive ketones (excluding diaryl/α,β-unsaturated/α-hetero) is 1. The summed E-state index contributed by atoms with van der Waals surface area (Å²) in [7, 11) is 0. The van der Waals surface area contributed by atoms with Gasteiger partial charge in [0.1, 0.15) is 11.4 Å². The molecule has 5 rings (SSSR count). The topological polar surface area (TPSA) is 54.6 Å². The van der Waals surface area contributed by atoms with Crippen LogP contribution in [-0.2, 0) is 0 Å². The Balaban J connectivity index is 1.95. The van der Waals surface area contributed by atoms with Gasteiger partial charge < -0.3 is 5.11 Å². The molecule has 0 radical (unpaired) electrons. The Morgan fingerprint density at radius 1 is 0.815 bits per heavy atom. The zero-order valence-corrected chi connectivity index (χ0v) is 14.7. The molecule has 0 amide bonds. The number of phenolic OH excluding ortho intramolecular Hbond substituents is 1. The number of nitrogens with zero attached hydrogens (tertiary/aromatic N) is 2. The van der Waals surface area contributed by atoms with E-state index in [1.165, 1.54) is 6.92 Å². The maximum absolute atomic E-state index is 11.9. The minimum absolute atomic E-state index is 0.0697. The Labute approximate surface area is 155 Å². The molecular weight excluding hydrogens is 336 g/mol. The van der Waals surface area contributed by atoms with Crippen molar-refractivity contribution in [3.05, 3.63) is 78.5 Å². The van der Waals surface area contributed by atoms with Gasteiger partial charge in [-0.3, -0.25) is 4.79 Å². The zero-order valence-electron chi connectivity index (χ0n) is 14.7. The van der Waals surface area contributed by atoms with E-state index in [9.17, 15) is 9.90 Å². The van der Waals surface area contributed by atoms with Gasteiger partial charge in [-0.05, 0) is 46.8 Å². The van der Waals surface area contributed by atoms with E-state index in [2.05, 4.69) is 35.4 Å². The predicted molar refractivity (Wildman–Crippen MR) is 107 cm³/mol. The fourth-order valence-electron chi connectivity index (χ4n) is 3.65. The number of pyridine rings is 1. The van der Waals surface area contributed by atoms with Crippen LogP contribution < -0.4 is 0 Å². The van der Waals surface area contributed by atoms with Crippen LogP contribution in [0, 0.1) is 0 Å². The Morgan fingerprint density at radius 2 is 1.63 bits per heavy atom. The number of phenols is 1. The van der Waals surface area contributed by atoms with Crippen LogP contribution >= 0.6 is 0 Å². The highest BCUT2D eigenvalue weighted by Gasteiger charge is 2.14. The Hall–Kier alpha value is -3.66. The van der Waals surface area contributed by atoms with E-state index in [0.717, 1.165) is 38.3 Å².